The van der Waals surface area contributed by atoms with Gasteiger partial charge in [-0.15, -0.1) is 0 Å². The van der Waals surface area contributed by atoms with Crippen LogP contribution >= 0.6 is 0 Å². The van der Waals surface area contributed by atoms with E-state index in [1.54, 1.807) is 31.2 Å². The van der Waals surface area contributed by atoms with Crippen molar-refractivity contribution in [1.82, 2.24) is 10.2 Å². The lowest BCUT2D eigenvalue weighted by atomic mass is 9.91. The number of nitrogens with zero attached hydrogens (tertiary/aromatic N) is 2. The summed E-state index contributed by atoms with van der Waals surface area (Å²) in [6, 6.07) is 10.5. The van der Waals surface area contributed by atoms with Gasteiger partial charge in [0.2, 0.25) is 0 Å². The van der Waals surface area contributed by atoms with E-state index in [1.807, 2.05) is 0 Å². The van der Waals surface area contributed by atoms with Crippen LogP contribution in [0.15, 0.2) is 42.5 Å². The summed E-state index contributed by atoms with van der Waals surface area (Å²) >= 11 is 0. The zero-order valence-electron chi connectivity index (χ0n) is 15.7. The Hall–Kier alpha value is -3.62. The first-order chi connectivity index (χ1) is 13.9. The summed E-state index contributed by atoms with van der Waals surface area (Å²) in [5, 5.41) is 13.7. The summed E-state index contributed by atoms with van der Waals surface area (Å²) in [4.78, 5) is 37.2. The molecule has 2 aromatic rings. The summed E-state index contributed by atoms with van der Waals surface area (Å²) in [7, 11) is 0. The Kier molecular flexibility index (Phi) is 4.57. The molecule has 2 heterocycles. The van der Waals surface area contributed by atoms with E-state index in [-0.39, 0.29) is 12.2 Å². The molecule has 0 unspecified atom stereocenters. The van der Waals surface area contributed by atoms with Gasteiger partial charge in [-0.3, -0.25) is 19.8 Å². The summed E-state index contributed by atoms with van der Waals surface area (Å²) in [6.07, 6.45) is 0.758. The summed E-state index contributed by atoms with van der Waals surface area (Å²) in [5.41, 5.74) is -0.310. The number of carbonyl (C=O) groups excluding carboxylic acids is 2. The zero-order chi connectivity index (χ0) is 20.6. The normalized spacial score (nSPS) is 20.9. The molecule has 3 amide bonds. The van der Waals surface area contributed by atoms with Crippen molar-refractivity contribution in [3.63, 3.8) is 0 Å². The quantitative estimate of drug-likeness (QED) is 0.482. The number of imide groups is 1. The van der Waals surface area contributed by atoms with E-state index >= 15 is 0 Å². The monoisotopic (exact) mass is 397 g/mol. The van der Waals surface area contributed by atoms with Gasteiger partial charge in [-0.25, -0.2) is 4.79 Å². The lowest BCUT2D eigenvalue weighted by Crippen LogP contribution is -2.40. The standard InChI is InChI=1S/C20H19N3O6/c1-20(14-6-7-16-17(11-14)29-9-3-8-28-16)18(24)22(19(25)21-20)12-13-4-2-5-15(10-13)23(26)27/h2,4-7,10-11H,3,8-9,12H2,1H3,(H,21,25)/t20-/m0/s1. The third-order valence-electron chi connectivity index (χ3n) is 5.06. The van der Waals surface area contributed by atoms with Gasteiger partial charge < -0.3 is 14.8 Å². The Morgan fingerprint density at radius 2 is 1.90 bits per heavy atom. The Balaban J connectivity index is 1.61. The summed E-state index contributed by atoms with van der Waals surface area (Å²) < 4.78 is 11.3. The van der Waals surface area contributed by atoms with E-state index in [4.69, 9.17) is 9.47 Å². The van der Waals surface area contributed by atoms with Gasteiger partial charge in [0.15, 0.2) is 11.5 Å². The third-order valence-corrected chi connectivity index (χ3v) is 5.06. The number of fused-ring (bicyclic) bond motifs is 1. The van der Waals surface area contributed by atoms with Crippen molar-refractivity contribution in [1.29, 1.82) is 0 Å². The van der Waals surface area contributed by atoms with Crippen molar-refractivity contribution < 1.29 is 24.0 Å². The minimum absolute atomic E-state index is 0.0630. The molecule has 1 saturated heterocycles. The maximum absolute atomic E-state index is 13.1. The van der Waals surface area contributed by atoms with E-state index in [0.29, 0.717) is 35.8 Å². The molecule has 1 N–H and O–H groups in total. The van der Waals surface area contributed by atoms with Crippen LogP contribution < -0.4 is 14.8 Å². The van der Waals surface area contributed by atoms with Crippen molar-refractivity contribution in [2.75, 3.05) is 13.2 Å². The van der Waals surface area contributed by atoms with Crippen LogP contribution in [0.25, 0.3) is 0 Å². The van der Waals surface area contributed by atoms with Gasteiger partial charge in [0.1, 0.15) is 5.54 Å². The molecule has 0 saturated carbocycles. The van der Waals surface area contributed by atoms with Crippen LogP contribution in [0.2, 0.25) is 0 Å². The Morgan fingerprint density at radius 1 is 1.14 bits per heavy atom. The molecule has 0 spiro atoms. The highest BCUT2D eigenvalue weighted by atomic mass is 16.6. The van der Waals surface area contributed by atoms with Crippen molar-refractivity contribution in [2.24, 2.45) is 0 Å². The number of benzene rings is 2. The molecule has 150 valence electrons. The average Bonchev–Trinajstić information content (AvgIpc) is 2.87. The molecule has 0 radical (unpaired) electrons. The largest absolute Gasteiger partial charge is 0.490 e. The van der Waals surface area contributed by atoms with Gasteiger partial charge in [-0.05, 0) is 30.2 Å². The van der Waals surface area contributed by atoms with E-state index < -0.39 is 22.4 Å². The molecular formula is C20H19N3O6. The average molecular weight is 397 g/mol. The van der Waals surface area contributed by atoms with Gasteiger partial charge in [-0.2, -0.15) is 0 Å². The molecule has 29 heavy (non-hydrogen) atoms. The lowest BCUT2D eigenvalue weighted by Gasteiger charge is -2.23. The fraction of sp³-hybridized carbons (Fsp3) is 0.300. The van der Waals surface area contributed by atoms with E-state index in [2.05, 4.69) is 5.32 Å². The van der Waals surface area contributed by atoms with Crippen molar-refractivity contribution in [3.05, 3.63) is 63.7 Å². The summed E-state index contributed by atoms with van der Waals surface area (Å²) in [6.45, 7) is 2.62. The molecule has 9 heteroatoms. The highest BCUT2D eigenvalue weighted by Gasteiger charge is 2.49. The van der Waals surface area contributed by atoms with Crippen LogP contribution in [0.4, 0.5) is 10.5 Å². The molecule has 4 rings (SSSR count). The van der Waals surface area contributed by atoms with Crippen LogP contribution in [0.1, 0.15) is 24.5 Å². The maximum Gasteiger partial charge on any atom is 0.325 e. The van der Waals surface area contributed by atoms with Crippen LogP contribution in [0.5, 0.6) is 11.5 Å². The number of hydrogen-bond donors (Lipinski definition) is 1. The molecule has 2 aliphatic rings. The van der Waals surface area contributed by atoms with Gasteiger partial charge in [0.25, 0.3) is 11.6 Å². The number of non-ortho nitro benzene ring substituents is 1. The zero-order valence-corrected chi connectivity index (χ0v) is 15.7. The fourth-order valence-corrected chi connectivity index (χ4v) is 3.46. The van der Waals surface area contributed by atoms with E-state index in [9.17, 15) is 19.7 Å². The van der Waals surface area contributed by atoms with Gasteiger partial charge in [-0.1, -0.05) is 18.2 Å². The minimum atomic E-state index is -1.28. The third kappa shape index (κ3) is 3.35. The number of urea groups is 1. The highest BCUT2D eigenvalue weighted by molar-refractivity contribution is 6.07. The van der Waals surface area contributed by atoms with Gasteiger partial charge in [0.05, 0.1) is 24.7 Å². The Labute approximate surface area is 166 Å². The van der Waals surface area contributed by atoms with Gasteiger partial charge >= 0.3 is 6.03 Å². The fourth-order valence-electron chi connectivity index (χ4n) is 3.46. The first kappa shape index (κ1) is 18.7. The van der Waals surface area contributed by atoms with Crippen LogP contribution in [-0.4, -0.2) is 35.0 Å². The van der Waals surface area contributed by atoms with Crippen molar-refractivity contribution in [3.8, 4) is 11.5 Å². The molecule has 0 aliphatic carbocycles. The van der Waals surface area contributed by atoms with E-state index in [1.165, 1.54) is 18.2 Å². The Bertz CT molecular complexity index is 1010. The topological polar surface area (TPSA) is 111 Å². The Morgan fingerprint density at radius 3 is 2.66 bits per heavy atom. The highest BCUT2D eigenvalue weighted by Crippen LogP contribution is 2.37. The first-order valence-electron chi connectivity index (χ1n) is 9.16. The number of ether oxygens (including phenoxy) is 2. The number of nitro groups is 1. The molecule has 2 aromatic carbocycles. The summed E-state index contributed by atoms with van der Waals surface area (Å²) in [5.74, 6) is 0.684. The molecule has 0 aromatic heterocycles. The molecule has 9 nitrogen and oxygen atoms in total. The molecule has 0 bridgehead atoms. The van der Waals surface area contributed by atoms with Crippen LogP contribution in [0.3, 0.4) is 0 Å². The SMILES string of the molecule is C[C@@]1(c2ccc3c(c2)OCCCO3)NC(=O)N(Cc2cccc([N+](=O)[O-])c2)C1=O. The van der Waals surface area contributed by atoms with Crippen LogP contribution in [-0.2, 0) is 16.9 Å². The molecular weight excluding hydrogens is 378 g/mol. The van der Waals surface area contributed by atoms with E-state index in [0.717, 1.165) is 11.3 Å². The number of rotatable bonds is 4. The van der Waals surface area contributed by atoms with Crippen molar-refractivity contribution >= 4 is 17.6 Å². The van der Waals surface area contributed by atoms with Crippen molar-refractivity contribution in [2.45, 2.75) is 25.4 Å². The molecule has 1 fully saturated rings. The number of hydrogen-bond acceptors (Lipinski definition) is 6. The predicted octanol–water partition coefficient (Wildman–Crippen LogP) is 2.72. The van der Waals surface area contributed by atoms with Crippen LogP contribution in [0, 0.1) is 10.1 Å². The lowest BCUT2D eigenvalue weighted by molar-refractivity contribution is -0.384. The number of nitrogens with one attached hydrogen (secondary N) is 1. The van der Waals surface area contributed by atoms with Gasteiger partial charge in [0, 0.05) is 18.6 Å². The minimum Gasteiger partial charge on any atom is -0.490 e. The number of nitro benzene ring substituents is 1. The second kappa shape index (κ2) is 7.08. The number of carbonyl (C=O) groups is 2. The first-order valence-corrected chi connectivity index (χ1v) is 9.16. The second-order valence-corrected chi connectivity index (χ2v) is 7.09. The second-order valence-electron chi connectivity index (χ2n) is 7.09. The smallest absolute Gasteiger partial charge is 0.325 e. The molecule has 2 aliphatic heterocycles. The maximum atomic E-state index is 13.1. The molecule has 1 atom stereocenters. The predicted molar refractivity (Wildman–Crippen MR) is 102 cm³/mol. The number of amides is 3.